The number of amides is 1. The van der Waals surface area contributed by atoms with Gasteiger partial charge < -0.3 is 10.2 Å². The topological polar surface area (TPSA) is 38.8 Å². The van der Waals surface area contributed by atoms with E-state index in [0.717, 1.165) is 57.9 Å². The van der Waals surface area contributed by atoms with Crippen molar-refractivity contribution >= 4 is 5.91 Å². The standard InChI is InChI=1S/C27H40N4O/c1-5-29-15-17-30(18-16-29)21-26-10-8-7-9-25(26)19-28-27(32)24-13-11-23(12-14-24)20-31(6-2)22(3)4/h7-14,22H,5-6,15-21H2,1-4H3,(H,28,32). The smallest absolute Gasteiger partial charge is 0.251 e. The first-order valence-electron chi connectivity index (χ1n) is 12.1. The van der Waals surface area contributed by atoms with E-state index in [-0.39, 0.29) is 5.91 Å². The molecule has 2 aromatic carbocycles. The van der Waals surface area contributed by atoms with Gasteiger partial charge in [0, 0.05) is 57.4 Å². The summed E-state index contributed by atoms with van der Waals surface area (Å²) in [4.78, 5) is 20.2. The Labute approximate surface area is 194 Å². The number of nitrogens with one attached hydrogen (secondary N) is 1. The van der Waals surface area contributed by atoms with Gasteiger partial charge in [-0.25, -0.2) is 0 Å². The van der Waals surface area contributed by atoms with E-state index in [1.54, 1.807) is 0 Å². The summed E-state index contributed by atoms with van der Waals surface area (Å²) in [6, 6.07) is 17.0. The molecule has 1 aliphatic rings. The number of nitrogens with zero attached hydrogens (tertiary/aromatic N) is 3. The minimum absolute atomic E-state index is 0.0147. The summed E-state index contributed by atoms with van der Waals surface area (Å²) < 4.78 is 0. The van der Waals surface area contributed by atoms with E-state index < -0.39 is 0 Å². The van der Waals surface area contributed by atoms with Crippen molar-refractivity contribution in [2.24, 2.45) is 0 Å². The van der Waals surface area contributed by atoms with Crippen LogP contribution in [0, 0.1) is 0 Å². The third-order valence-corrected chi connectivity index (χ3v) is 6.60. The summed E-state index contributed by atoms with van der Waals surface area (Å²) in [6.07, 6.45) is 0. The number of likely N-dealkylation sites (N-methyl/N-ethyl adjacent to an activating group) is 1. The molecule has 32 heavy (non-hydrogen) atoms. The van der Waals surface area contributed by atoms with Crippen molar-refractivity contribution in [1.82, 2.24) is 20.0 Å². The number of hydrogen-bond donors (Lipinski definition) is 1. The lowest BCUT2D eigenvalue weighted by atomic mass is 10.1. The van der Waals surface area contributed by atoms with E-state index in [0.29, 0.717) is 12.6 Å². The van der Waals surface area contributed by atoms with Gasteiger partial charge >= 0.3 is 0 Å². The van der Waals surface area contributed by atoms with Crippen LogP contribution in [0.4, 0.5) is 0 Å². The second-order valence-electron chi connectivity index (χ2n) is 9.02. The third-order valence-electron chi connectivity index (χ3n) is 6.60. The van der Waals surface area contributed by atoms with Gasteiger partial charge in [-0.05, 0) is 55.8 Å². The van der Waals surface area contributed by atoms with Gasteiger partial charge in [0.1, 0.15) is 0 Å². The molecule has 1 saturated heterocycles. The highest BCUT2D eigenvalue weighted by atomic mass is 16.1. The quantitative estimate of drug-likeness (QED) is 0.611. The van der Waals surface area contributed by atoms with E-state index in [1.165, 1.54) is 16.7 Å². The zero-order chi connectivity index (χ0) is 22.9. The average Bonchev–Trinajstić information content (AvgIpc) is 2.82. The minimum atomic E-state index is -0.0147. The molecule has 0 atom stereocenters. The first kappa shape index (κ1) is 24.4. The molecule has 1 N–H and O–H groups in total. The predicted molar refractivity (Wildman–Crippen MR) is 133 cm³/mol. The van der Waals surface area contributed by atoms with Crippen LogP contribution in [0.2, 0.25) is 0 Å². The molecular weight excluding hydrogens is 396 g/mol. The SMILES string of the molecule is CCN1CCN(Cc2ccccc2CNC(=O)c2ccc(CN(CC)C(C)C)cc2)CC1. The molecule has 5 heteroatoms. The third kappa shape index (κ3) is 6.89. The molecule has 0 unspecified atom stereocenters. The molecule has 1 amide bonds. The van der Waals surface area contributed by atoms with Crippen molar-refractivity contribution in [1.29, 1.82) is 0 Å². The first-order valence-corrected chi connectivity index (χ1v) is 12.1. The molecule has 1 heterocycles. The molecular formula is C27H40N4O. The Balaban J connectivity index is 1.55. The van der Waals surface area contributed by atoms with Crippen LogP contribution in [0.15, 0.2) is 48.5 Å². The highest BCUT2D eigenvalue weighted by Crippen LogP contribution is 2.15. The molecule has 0 saturated carbocycles. The number of carbonyl (C=O) groups is 1. The van der Waals surface area contributed by atoms with Crippen molar-refractivity contribution in [3.05, 3.63) is 70.8 Å². The van der Waals surface area contributed by atoms with E-state index in [4.69, 9.17) is 0 Å². The van der Waals surface area contributed by atoms with Crippen LogP contribution in [0.3, 0.4) is 0 Å². The van der Waals surface area contributed by atoms with Crippen LogP contribution in [0.25, 0.3) is 0 Å². The fourth-order valence-electron chi connectivity index (χ4n) is 4.32. The number of benzene rings is 2. The maximum atomic E-state index is 12.7. The molecule has 0 aliphatic carbocycles. The summed E-state index contributed by atoms with van der Waals surface area (Å²) in [5.41, 5.74) is 4.47. The fourth-order valence-corrected chi connectivity index (χ4v) is 4.32. The van der Waals surface area contributed by atoms with E-state index in [1.807, 2.05) is 12.1 Å². The van der Waals surface area contributed by atoms with Gasteiger partial charge in [-0.15, -0.1) is 0 Å². The van der Waals surface area contributed by atoms with Crippen molar-refractivity contribution in [2.75, 3.05) is 39.3 Å². The fraction of sp³-hybridized carbons (Fsp3) is 0.519. The highest BCUT2D eigenvalue weighted by molar-refractivity contribution is 5.94. The maximum absolute atomic E-state index is 12.7. The molecule has 0 spiro atoms. The largest absolute Gasteiger partial charge is 0.348 e. The number of rotatable bonds is 10. The molecule has 1 aliphatic heterocycles. The monoisotopic (exact) mass is 436 g/mol. The lowest BCUT2D eigenvalue weighted by Gasteiger charge is -2.34. The zero-order valence-corrected chi connectivity index (χ0v) is 20.3. The van der Waals surface area contributed by atoms with E-state index in [9.17, 15) is 4.79 Å². The second kappa shape index (κ2) is 12.1. The predicted octanol–water partition coefficient (Wildman–Crippen LogP) is 3.98. The zero-order valence-electron chi connectivity index (χ0n) is 20.3. The number of carbonyl (C=O) groups excluding carboxylic acids is 1. The Morgan fingerprint density at radius 1 is 0.938 bits per heavy atom. The Hall–Kier alpha value is -2.21. The van der Waals surface area contributed by atoms with Crippen molar-refractivity contribution in [2.45, 2.75) is 53.4 Å². The summed E-state index contributed by atoms with van der Waals surface area (Å²) in [5, 5.41) is 3.12. The van der Waals surface area contributed by atoms with Crippen LogP contribution in [0.1, 0.15) is 54.7 Å². The van der Waals surface area contributed by atoms with Gasteiger partial charge in [0.2, 0.25) is 0 Å². The lowest BCUT2D eigenvalue weighted by molar-refractivity contribution is 0.0950. The van der Waals surface area contributed by atoms with Crippen molar-refractivity contribution in [3.8, 4) is 0 Å². The van der Waals surface area contributed by atoms with E-state index in [2.05, 4.69) is 84.1 Å². The van der Waals surface area contributed by atoms with Gasteiger partial charge in [0.15, 0.2) is 0 Å². The molecule has 3 rings (SSSR count). The summed E-state index contributed by atoms with van der Waals surface area (Å²) in [5.74, 6) is -0.0147. The molecule has 2 aromatic rings. The van der Waals surface area contributed by atoms with Crippen LogP contribution in [0.5, 0.6) is 0 Å². The molecule has 5 nitrogen and oxygen atoms in total. The van der Waals surface area contributed by atoms with E-state index >= 15 is 0 Å². The lowest BCUT2D eigenvalue weighted by Crippen LogP contribution is -2.45. The van der Waals surface area contributed by atoms with Crippen LogP contribution in [-0.2, 0) is 19.6 Å². The molecule has 0 aromatic heterocycles. The highest BCUT2D eigenvalue weighted by Gasteiger charge is 2.17. The van der Waals surface area contributed by atoms with Crippen molar-refractivity contribution in [3.63, 3.8) is 0 Å². The molecule has 0 bridgehead atoms. The van der Waals surface area contributed by atoms with Gasteiger partial charge in [-0.2, -0.15) is 0 Å². The first-order chi connectivity index (χ1) is 15.5. The Kier molecular flexibility index (Phi) is 9.27. The van der Waals surface area contributed by atoms with Crippen LogP contribution >= 0.6 is 0 Å². The second-order valence-corrected chi connectivity index (χ2v) is 9.02. The summed E-state index contributed by atoms with van der Waals surface area (Å²) in [6.45, 7) is 17.9. The van der Waals surface area contributed by atoms with Crippen molar-refractivity contribution < 1.29 is 4.79 Å². The molecule has 1 fully saturated rings. The van der Waals surface area contributed by atoms with Gasteiger partial charge in [-0.1, -0.05) is 50.2 Å². The molecule has 174 valence electrons. The Morgan fingerprint density at radius 2 is 1.56 bits per heavy atom. The van der Waals surface area contributed by atoms with Gasteiger partial charge in [-0.3, -0.25) is 14.6 Å². The van der Waals surface area contributed by atoms with Crippen LogP contribution in [-0.4, -0.2) is 65.9 Å². The minimum Gasteiger partial charge on any atom is -0.348 e. The van der Waals surface area contributed by atoms with Gasteiger partial charge in [0.05, 0.1) is 0 Å². The normalized spacial score (nSPS) is 15.4. The summed E-state index contributed by atoms with van der Waals surface area (Å²) >= 11 is 0. The Morgan fingerprint density at radius 3 is 2.16 bits per heavy atom. The maximum Gasteiger partial charge on any atom is 0.251 e. The van der Waals surface area contributed by atoms with Crippen LogP contribution < -0.4 is 5.32 Å². The number of hydrogen-bond acceptors (Lipinski definition) is 4. The Bertz CT molecular complexity index is 841. The summed E-state index contributed by atoms with van der Waals surface area (Å²) in [7, 11) is 0. The molecule has 0 radical (unpaired) electrons. The number of piperazine rings is 1. The van der Waals surface area contributed by atoms with Gasteiger partial charge in [0.25, 0.3) is 5.91 Å². The average molecular weight is 437 g/mol.